The molecule has 1 aromatic rings. The van der Waals surface area contributed by atoms with Gasteiger partial charge < -0.3 is 9.80 Å². The summed E-state index contributed by atoms with van der Waals surface area (Å²) in [5, 5.41) is 0. The molecule has 0 saturated carbocycles. The van der Waals surface area contributed by atoms with Gasteiger partial charge >= 0.3 is 0 Å². The predicted octanol–water partition coefficient (Wildman–Crippen LogP) is 2.27. The number of hydrogen-bond donors (Lipinski definition) is 0. The molecule has 0 aromatic heterocycles. The summed E-state index contributed by atoms with van der Waals surface area (Å²) in [6.45, 7) is 2.97. The molecule has 0 atom stereocenters. The molecule has 4 nitrogen and oxygen atoms in total. The molecule has 0 radical (unpaired) electrons. The van der Waals surface area contributed by atoms with Gasteiger partial charge in [-0.3, -0.25) is 9.59 Å². The molecule has 1 aliphatic heterocycles. The number of piperidine rings is 1. The molecule has 2 rings (SSSR count). The van der Waals surface area contributed by atoms with Gasteiger partial charge in [-0.05, 0) is 25.0 Å². The van der Waals surface area contributed by atoms with Crippen LogP contribution in [0, 0.1) is 0 Å². The molecular formula is C15H19ClN2O2. The molecule has 1 fully saturated rings. The second-order valence-electron chi connectivity index (χ2n) is 4.97. The van der Waals surface area contributed by atoms with Crippen molar-refractivity contribution in [2.45, 2.75) is 25.8 Å². The van der Waals surface area contributed by atoms with Crippen molar-refractivity contribution in [2.75, 3.05) is 23.9 Å². The highest BCUT2D eigenvalue weighted by atomic mass is 35.5. The van der Waals surface area contributed by atoms with E-state index in [9.17, 15) is 9.59 Å². The molecule has 1 aliphatic rings. The maximum Gasteiger partial charge on any atom is 0.242 e. The van der Waals surface area contributed by atoms with Crippen molar-refractivity contribution < 1.29 is 9.59 Å². The number of amides is 2. The number of carbonyl (C=O) groups excluding carboxylic acids is 2. The molecular weight excluding hydrogens is 276 g/mol. The van der Waals surface area contributed by atoms with E-state index < -0.39 is 0 Å². The summed E-state index contributed by atoms with van der Waals surface area (Å²) in [4.78, 5) is 27.1. The number of carbonyl (C=O) groups is 2. The molecule has 0 N–H and O–H groups in total. The number of hydrogen-bond acceptors (Lipinski definition) is 2. The standard InChI is InChI=1S/C15H19ClN2O2/c1-12(19)17-9-7-14(8-10-17)18(15(20)11-16)13-5-3-2-4-6-13/h2-6,14H,7-11H2,1H3. The zero-order valence-electron chi connectivity index (χ0n) is 11.6. The normalized spacial score (nSPS) is 16.0. The lowest BCUT2D eigenvalue weighted by atomic mass is 10.0. The van der Waals surface area contributed by atoms with Crippen LogP contribution in [0.1, 0.15) is 19.8 Å². The monoisotopic (exact) mass is 294 g/mol. The van der Waals surface area contributed by atoms with Gasteiger partial charge in [0.05, 0.1) is 0 Å². The van der Waals surface area contributed by atoms with Crippen LogP contribution in [-0.2, 0) is 9.59 Å². The zero-order valence-corrected chi connectivity index (χ0v) is 12.3. The highest BCUT2D eigenvalue weighted by molar-refractivity contribution is 6.29. The fourth-order valence-electron chi connectivity index (χ4n) is 2.65. The van der Waals surface area contributed by atoms with Crippen LogP contribution in [0.25, 0.3) is 0 Å². The van der Waals surface area contributed by atoms with E-state index in [0.717, 1.165) is 18.5 Å². The minimum absolute atomic E-state index is 0.0260. The molecule has 20 heavy (non-hydrogen) atoms. The Morgan fingerprint density at radius 3 is 2.35 bits per heavy atom. The number of benzene rings is 1. The number of halogens is 1. The van der Waals surface area contributed by atoms with Gasteiger partial charge in [-0.1, -0.05) is 18.2 Å². The van der Waals surface area contributed by atoms with E-state index in [-0.39, 0.29) is 23.7 Å². The van der Waals surface area contributed by atoms with Crippen LogP contribution in [-0.4, -0.2) is 41.7 Å². The smallest absolute Gasteiger partial charge is 0.242 e. The number of likely N-dealkylation sites (tertiary alicyclic amines) is 1. The average Bonchev–Trinajstić information content (AvgIpc) is 2.49. The van der Waals surface area contributed by atoms with Crippen molar-refractivity contribution in [1.29, 1.82) is 0 Å². The molecule has 0 unspecified atom stereocenters. The van der Waals surface area contributed by atoms with Crippen LogP contribution in [0.2, 0.25) is 0 Å². The van der Waals surface area contributed by atoms with E-state index in [2.05, 4.69) is 0 Å². The van der Waals surface area contributed by atoms with Gasteiger partial charge in [-0.15, -0.1) is 11.6 Å². The summed E-state index contributed by atoms with van der Waals surface area (Å²) in [7, 11) is 0. The van der Waals surface area contributed by atoms with Crippen LogP contribution in [0.15, 0.2) is 30.3 Å². The van der Waals surface area contributed by atoms with Crippen LogP contribution in [0.4, 0.5) is 5.69 Å². The van der Waals surface area contributed by atoms with Gasteiger partial charge in [0.15, 0.2) is 0 Å². The Balaban J connectivity index is 2.13. The van der Waals surface area contributed by atoms with Gasteiger partial charge in [0, 0.05) is 31.7 Å². The topological polar surface area (TPSA) is 40.6 Å². The lowest BCUT2D eigenvalue weighted by molar-refractivity contribution is -0.129. The summed E-state index contributed by atoms with van der Waals surface area (Å²) in [5.74, 6) is -0.0144. The van der Waals surface area contributed by atoms with Crippen molar-refractivity contribution >= 4 is 29.1 Å². The van der Waals surface area contributed by atoms with Crippen molar-refractivity contribution in [3.05, 3.63) is 30.3 Å². The Morgan fingerprint density at radius 1 is 1.25 bits per heavy atom. The first-order chi connectivity index (χ1) is 9.63. The van der Waals surface area contributed by atoms with E-state index in [1.165, 1.54) is 0 Å². The Bertz CT molecular complexity index is 470. The van der Waals surface area contributed by atoms with E-state index in [0.29, 0.717) is 13.1 Å². The molecule has 0 aliphatic carbocycles. The van der Waals surface area contributed by atoms with E-state index in [1.807, 2.05) is 35.2 Å². The summed E-state index contributed by atoms with van der Waals surface area (Å²) >= 11 is 5.74. The highest BCUT2D eigenvalue weighted by Crippen LogP contribution is 2.24. The summed E-state index contributed by atoms with van der Waals surface area (Å²) in [6.07, 6.45) is 1.58. The molecule has 5 heteroatoms. The van der Waals surface area contributed by atoms with Crippen LogP contribution in [0.5, 0.6) is 0 Å². The van der Waals surface area contributed by atoms with Crippen LogP contribution < -0.4 is 4.90 Å². The van der Waals surface area contributed by atoms with Crippen molar-refractivity contribution in [3.8, 4) is 0 Å². The lowest BCUT2D eigenvalue weighted by Gasteiger charge is -2.38. The second-order valence-corrected chi connectivity index (χ2v) is 5.24. The first kappa shape index (κ1) is 14.9. The van der Waals surface area contributed by atoms with Crippen LogP contribution >= 0.6 is 11.6 Å². The first-order valence-corrected chi connectivity index (χ1v) is 7.35. The molecule has 1 saturated heterocycles. The number of alkyl halides is 1. The van der Waals surface area contributed by atoms with Gasteiger partial charge in [0.2, 0.25) is 11.8 Å². The average molecular weight is 295 g/mol. The lowest BCUT2D eigenvalue weighted by Crippen LogP contribution is -2.49. The van der Waals surface area contributed by atoms with Crippen LogP contribution in [0.3, 0.4) is 0 Å². The number of nitrogens with zero attached hydrogens (tertiary/aromatic N) is 2. The van der Waals surface area contributed by atoms with Crippen molar-refractivity contribution in [3.63, 3.8) is 0 Å². The van der Waals surface area contributed by atoms with E-state index in [1.54, 1.807) is 11.8 Å². The minimum Gasteiger partial charge on any atom is -0.343 e. The molecule has 2 amide bonds. The molecule has 0 bridgehead atoms. The molecule has 108 valence electrons. The number of para-hydroxylation sites is 1. The molecule has 1 heterocycles. The van der Waals surface area contributed by atoms with E-state index in [4.69, 9.17) is 11.6 Å². The third-order valence-corrected chi connectivity index (χ3v) is 3.92. The van der Waals surface area contributed by atoms with Crippen molar-refractivity contribution in [2.24, 2.45) is 0 Å². The van der Waals surface area contributed by atoms with Gasteiger partial charge in [0.1, 0.15) is 5.88 Å². The summed E-state index contributed by atoms with van der Waals surface area (Å²) in [5.41, 5.74) is 0.874. The highest BCUT2D eigenvalue weighted by Gasteiger charge is 2.29. The predicted molar refractivity (Wildman–Crippen MR) is 79.9 cm³/mol. The number of anilines is 1. The fourth-order valence-corrected chi connectivity index (χ4v) is 2.78. The van der Waals surface area contributed by atoms with E-state index >= 15 is 0 Å². The number of rotatable bonds is 3. The zero-order chi connectivity index (χ0) is 14.5. The second kappa shape index (κ2) is 6.75. The van der Waals surface area contributed by atoms with Gasteiger partial charge in [0.25, 0.3) is 0 Å². The Morgan fingerprint density at radius 2 is 1.85 bits per heavy atom. The quantitative estimate of drug-likeness (QED) is 0.803. The fraction of sp³-hybridized carbons (Fsp3) is 0.467. The summed E-state index contributed by atoms with van der Waals surface area (Å²) in [6, 6.07) is 9.69. The van der Waals surface area contributed by atoms with Gasteiger partial charge in [-0.25, -0.2) is 0 Å². The SMILES string of the molecule is CC(=O)N1CCC(N(C(=O)CCl)c2ccccc2)CC1. The Labute approximate surface area is 124 Å². The van der Waals surface area contributed by atoms with Gasteiger partial charge in [-0.2, -0.15) is 0 Å². The van der Waals surface area contributed by atoms with Crippen molar-refractivity contribution in [1.82, 2.24) is 4.90 Å². The Kier molecular flexibility index (Phi) is 5.01. The minimum atomic E-state index is -0.0841. The third-order valence-electron chi connectivity index (χ3n) is 3.69. The third kappa shape index (κ3) is 3.31. The largest absolute Gasteiger partial charge is 0.343 e. The molecule has 0 spiro atoms. The first-order valence-electron chi connectivity index (χ1n) is 6.82. The molecule has 1 aromatic carbocycles. The maximum atomic E-state index is 12.1. The summed E-state index contributed by atoms with van der Waals surface area (Å²) < 4.78 is 0. The Hall–Kier alpha value is -1.55. The maximum absolute atomic E-state index is 12.1.